The number of piperidine rings is 1. The van der Waals surface area contributed by atoms with Crippen LogP contribution in [0.2, 0.25) is 0 Å². The van der Waals surface area contributed by atoms with Gasteiger partial charge in [-0.3, -0.25) is 14.7 Å². The Morgan fingerprint density at radius 2 is 1.69 bits per heavy atom. The fraction of sp³-hybridized carbons (Fsp3) is 0.478. The number of hydrogen-bond acceptors (Lipinski definition) is 7. The van der Waals surface area contributed by atoms with E-state index in [-0.39, 0.29) is 18.1 Å². The predicted molar refractivity (Wildman–Crippen MR) is 124 cm³/mol. The maximum Gasteiger partial charge on any atom is 0.490 e. The molecule has 0 spiro atoms. The number of hydrogen-bond donors (Lipinski definition) is 3. The highest BCUT2D eigenvalue weighted by Gasteiger charge is 2.42. The summed E-state index contributed by atoms with van der Waals surface area (Å²) in [4.78, 5) is 38.2. The van der Waals surface area contributed by atoms with E-state index in [1.54, 1.807) is 11.3 Å². The van der Waals surface area contributed by atoms with Crippen LogP contribution in [-0.4, -0.2) is 75.6 Å². The number of ether oxygens (including phenoxy) is 1. The molecule has 0 unspecified atom stereocenters. The molecule has 3 atom stereocenters. The lowest BCUT2D eigenvalue weighted by molar-refractivity contribution is -0.193. The van der Waals surface area contributed by atoms with Crippen molar-refractivity contribution in [1.82, 2.24) is 15.2 Å². The molecule has 216 valence electrons. The number of pyridine rings is 1. The van der Waals surface area contributed by atoms with Gasteiger partial charge in [0.05, 0.1) is 18.3 Å². The Bertz CT molecular complexity index is 1040. The van der Waals surface area contributed by atoms with Gasteiger partial charge in [-0.05, 0) is 48.9 Å². The smallest absolute Gasteiger partial charge is 0.475 e. The molecule has 0 radical (unpaired) electrons. The molecule has 2 aromatic heterocycles. The highest BCUT2D eigenvalue weighted by molar-refractivity contribution is 7.09. The molecule has 9 nitrogen and oxygen atoms in total. The quantitative estimate of drug-likeness (QED) is 0.453. The molecule has 2 aliphatic heterocycles. The van der Waals surface area contributed by atoms with E-state index in [0.717, 1.165) is 38.2 Å². The molecule has 4 rings (SSSR count). The second-order valence-corrected chi connectivity index (χ2v) is 9.44. The monoisotopic (exact) mass is 585 g/mol. The fourth-order valence-corrected chi connectivity index (χ4v) is 4.37. The molecule has 4 heterocycles. The lowest BCUT2D eigenvalue weighted by Crippen LogP contribution is -2.42. The summed E-state index contributed by atoms with van der Waals surface area (Å²) < 4.78 is 69.6. The zero-order valence-electron chi connectivity index (χ0n) is 20.1. The molecular formula is C23H25F6N3O6S. The average molecular weight is 586 g/mol. The fourth-order valence-electron chi connectivity index (χ4n) is 3.73. The first-order valence-electron chi connectivity index (χ1n) is 11.3. The van der Waals surface area contributed by atoms with Crippen molar-refractivity contribution in [3.63, 3.8) is 0 Å². The zero-order valence-corrected chi connectivity index (χ0v) is 20.9. The minimum Gasteiger partial charge on any atom is -0.475 e. The number of carbonyl (C=O) groups excluding carboxylic acids is 1. The van der Waals surface area contributed by atoms with Crippen LogP contribution in [-0.2, 0) is 32.2 Å². The first kappa shape index (κ1) is 32.0. The summed E-state index contributed by atoms with van der Waals surface area (Å²) >= 11 is 1.66. The van der Waals surface area contributed by atoms with Crippen LogP contribution in [0.25, 0.3) is 0 Å². The lowest BCUT2D eigenvalue weighted by atomic mass is 9.91. The number of rotatable bonds is 5. The third kappa shape index (κ3) is 11.2. The van der Waals surface area contributed by atoms with E-state index >= 15 is 0 Å². The van der Waals surface area contributed by atoms with Crippen LogP contribution in [0.1, 0.15) is 23.4 Å². The third-order valence-electron chi connectivity index (χ3n) is 5.54. The average Bonchev–Trinajstić information content (AvgIpc) is 3.52. The summed E-state index contributed by atoms with van der Waals surface area (Å²) in [7, 11) is 0. The largest absolute Gasteiger partial charge is 0.490 e. The van der Waals surface area contributed by atoms with Crippen LogP contribution in [0.15, 0.2) is 41.9 Å². The van der Waals surface area contributed by atoms with E-state index in [2.05, 4.69) is 21.3 Å². The third-order valence-corrected chi connectivity index (χ3v) is 6.42. The molecule has 16 heteroatoms. The second-order valence-electron chi connectivity index (χ2n) is 8.41. The van der Waals surface area contributed by atoms with Crippen LogP contribution in [0.4, 0.5) is 26.3 Å². The van der Waals surface area contributed by atoms with E-state index in [1.807, 2.05) is 35.8 Å². The van der Waals surface area contributed by atoms with E-state index in [9.17, 15) is 31.1 Å². The van der Waals surface area contributed by atoms with Crippen LogP contribution in [0.3, 0.4) is 0 Å². The summed E-state index contributed by atoms with van der Waals surface area (Å²) in [6, 6.07) is 10.1. The molecule has 0 bridgehead atoms. The Kier molecular flexibility index (Phi) is 11.7. The van der Waals surface area contributed by atoms with E-state index in [0.29, 0.717) is 12.5 Å². The van der Waals surface area contributed by atoms with Crippen molar-refractivity contribution >= 4 is 29.2 Å². The normalized spacial score (nSPS) is 20.9. The van der Waals surface area contributed by atoms with Crippen LogP contribution in [0.5, 0.6) is 0 Å². The lowest BCUT2D eigenvalue weighted by Gasteiger charge is -2.33. The number of carboxylic acid groups (broad SMARTS) is 2. The zero-order chi connectivity index (χ0) is 29.2. The van der Waals surface area contributed by atoms with Crippen molar-refractivity contribution < 1.29 is 55.7 Å². The minimum atomic E-state index is -5.08. The molecule has 39 heavy (non-hydrogen) atoms. The van der Waals surface area contributed by atoms with Gasteiger partial charge >= 0.3 is 24.3 Å². The molecule has 1 amide bonds. The second kappa shape index (κ2) is 14.2. The van der Waals surface area contributed by atoms with Crippen molar-refractivity contribution in [2.45, 2.75) is 50.5 Å². The number of nitrogens with zero attached hydrogens (tertiary/aromatic N) is 2. The number of aliphatic carboxylic acids is 2. The molecular weight excluding hydrogens is 560 g/mol. The molecule has 2 aliphatic rings. The van der Waals surface area contributed by atoms with Gasteiger partial charge in [-0.15, -0.1) is 11.3 Å². The van der Waals surface area contributed by atoms with Gasteiger partial charge in [0.15, 0.2) is 0 Å². The van der Waals surface area contributed by atoms with Crippen molar-refractivity contribution in [3.8, 4) is 0 Å². The van der Waals surface area contributed by atoms with Gasteiger partial charge in [0, 0.05) is 24.2 Å². The van der Waals surface area contributed by atoms with Gasteiger partial charge < -0.3 is 20.3 Å². The summed E-state index contributed by atoms with van der Waals surface area (Å²) in [6.07, 6.45) is -6.54. The van der Waals surface area contributed by atoms with Gasteiger partial charge in [0.2, 0.25) is 5.91 Å². The molecule has 0 saturated carbocycles. The van der Waals surface area contributed by atoms with Gasteiger partial charge in [-0.1, -0.05) is 12.1 Å². The molecule has 2 aromatic rings. The van der Waals surface area contributed by atoms with Gasteiger partial charge in [0.1, 0.15) is 6.10 Å². The first-order chi connectivity index (χ1) is 18.2. The Morgan fingerprint density at radius 1 is 1.05 bits per heavy atom. The van der Waals surface area contributed by atoms with Crippen LogP contribution in [0, 0.1) is 5.92 Å². The molecule has 0 aromatic carbocycles. The number of nitrogens with one attached hydrogen (secondary N) is 1. The number of carbonyl (C=O) groups is 3. The van der Waals surface area contributed by atoms with Crippen molar-refractivity contribution in [2.24, 2.45) is 5.92 Å². The Hall–Kier alpha value is -3.24. The van der Waals surface area contributed by atoms with Crippen molar-refractivity contribution in [3.05, 3.63) is 52.5 Å². The first-order valence-corrected chi connectivity index (χ1v) is 12.2. The van der Waals surface area contributed by atoms with Crippen molar-refractivity contribution in [2.75, 3.05) is 13.1 Å². The van der Waals surface area contributed by atoms with Gasteiger partial charge in [-0.2, -0.15) is 26.3 Å². The van der Waals surface area contributed by atoms with Gasteiger partial charge in [-0.25, -0.2) is 9.59 Å². The summed E-state index contributed by atoms with van der Waals surface area (Å²) in [5.74, 6) is -4.99. The number of amides is 1. The van der Waals surface area contributed by atoms with Crippen molar-refractivity contribution in [1.29, 1.82) is 0 Å². The topological polar surface area (TPSA) is 129 Å². The van der Waals surface area contributed by atoms with E-state index < -0.39 is 24.3 Å². The highest BCUT2D eigenvalue weighted by atomic mass is 32.1. The Balaban J connectivity index is 0.000000317. The summed E-state index contributed by atoms with van der Waals surface area (Å²) in [6.45, 7) is 3.38. The maximum atomic E-state index is 12.4. The van der Waals surface area contributed by atoms with Crippen LogP contribution < -0.4 is 5.32 Å². The standard InChI is InChI=1S/C19H23N3O2S.2C2HF3O2/c23-19(21-11-16-5-3-9-25-16)17-10-14-6-8-22(13-18(14)24-17)12-15-4-1-2-7-20-15;2*3-2(4,5)1(6)7/h1-5,7,9,14,17-18H,6,8,10-13H2,(H,21,23);2*(H,6,7)/t14-,17+,18+;;/m0../s1. The highest BCUT2D eigenvalue weighted by Crippen LogP contribution is 2.33. The SMILES string of the molecule is O=C(NCc1cccs1)[C@H]1C[C@@H]2CCN(Cc3ccccn3)C[C@H]2O1.O=C(O)C(F)(F)F.O=C(O)C(F)(F)F. The number of fused-ring (bicyclic) bond motifs is 1. The number of alkyl halides is 6. The van der Waals surface area contributed by atoms with E-state index in [1.165, 1.54) is 4.88 Å². The van der Waals surface area contributed by atoms with Gasteiger partial charge in [0.25, 0.3) is 0 Å². The maximum absolute atomic E-state index is 12.4. The number of likely N-dealkylation sites (tertiary alicyclic amines) is 1. The molecule has 3 N–H and O–H groups in total. The number of aromatic nitrogens is 1. The molecule has 0 aliphatic carbocycles. The summed E-state index contributed by atoms with van der Waals surface area (Å²) in [5.41, 5.74) is 1.09. The number of carboxylic acids is 2. The molecule has 2 saturated heterocycles. The van der Waals surface area contributed by atoms with Crippen LogP contribution >= 0.6 is 11.3 Å². The number of halogens is 6. The molecule has 2 fully saturated rings. The number of thiophene rings is 1. The Morgan fingerprint density at radius 3 is 2.21 bits per heavy atom. The Labute approximate surface area is 222 Å². The van der Waals surface area contributed by atoms with E-state index in [4.69, 9.17) is 24.5 Å². The predicted octanol–water partition coefficient (Wildman–Crippen LogP) is 3.71. The summed E-state index contributed by atoms with van der Waals surface area (Å²) in [5, 5.41) is 19.3. The minimum absolute atomic E-state index is 0.0269.